The average molecular weight is 264 g/mol. The van der Waals surface area contributed by atoms with Gasteiger partial charge >= 0.3 is 5.97 Å². The molecule has 9 heteroatoms. The molecule has 1 amide bonds. The minimum Gasteiger partial charge on any atom is -0.476 e. The van der Waals surface area contributed by atoms with Crippen LogP contribution in [0.25, 0.3) is 11.3 Å². The third kappa shape index (κ3) is 2.59. The van der Waals surface area contributed by atoms with Crippen LogP contribution in [-0.4, -0.2) is 41.8 Å². The summed E-state index contributed by atoms with van der Waals surface area (Å²) in [6.45, 7) is 0.167. The number of hydrogen-bond acceptors (Lipinski definition) is 5. The van der Waals surface area contributed by atoms with Crippen molar-refractivity contribution in [3.8, 4) is 11.3 Å². The maximum absolute atomic E-state index is 11.1. The van der Waals surface area contributed by atoms with Crippen molar-refractivity contribution in [3.63, 3.8) is 0 Å². The Hall–Kier alpha value is -2.71. The molecule has 0 unspecified atom stereocenters. The van der Waals surface area contributed by atoms with E-state index in [0.29, 0.717) is 11.3 Å². The van der Waals surface area contributed by atoms with E-state index in [1.54, 1.807) is 13.2 Å². The smallest absolute Gasteiger partial charge is 0.358 e. The fraction of sp³-hybridized carbons (Fsp3) is 0.300. The van der Waals surface area contributed by atoms with E-state index in [-0.39, 0.29) is 18.7 Å². The zero-order chi connectivity index (χ0) is 14.0. The molecule has 3 N–H and O–H groups in total. The lowest BCUT2D eigenvalue weighted by atomic mass is 10.2. The third-order valence-corrected chi connectivity index (χ3v) is 2.49. The van der Waals surface area contributed by atoms with Crippen molar-refractivity contribution in [2.75, 3.05) is 0 Å². The standard InChI is InChI=1S/C10H12N6O3/c1-15-5-6(4-12-15)9-8(10(18)19)13-14-16(9)3-2-7(11)17/h4-5H,2-3H2,1H3,(H2,11,17)(H,18,19). The lowest BCUT2D eigenvalue weighted by molar-refractivity contribution is -0.118. The van der Waals surface area contributed by atoms with Crippen LogP contribution in [0, 0.1) is 0 Å². The van der Waals surface area contributed by atoms with Gasteiger partial charge in [-0.3, -0.25) is 9.48 Å². The van der Waals surface area contributed by atoms with Gasteiger partial charge in [0, 0.05) is 25.2 Å². The minimum atomic E-state index is -1.19. The Morgan fingerprint density at radius 3 is 2.74 bits per heavy atom. The van der Waals surface area contributed by atoms with E-state index in [4.69, 9.17) is 10.8 Å². The van der Waals surface area contributed by atoms with Gasteiger partial charge in [0.15, 0.2) is 5.69 Å². The van der Waals surface area contributed by atoms with Crippen LogP contribution in [-0.2, 0) is 18.4 Å². The number of carbonyl (C=O) groups excluding carboxylic acids is 1. The molecule has 9 nitrogen and oxygen atoms in total. The van der Waals surface area contributed by atoms with Gasteiger partial charge in [0.1, 0.15) is 5.69 Å². The molecule has 0 aliphatic carbocycles. The number of carbonyl (C=O) groups is 2. The highest BCUT2D eigenvalue weighted by molar-refractivity contribution is 5.92. The van der Waals surface area contributed by atoms with Crippen molar-refractivity contribution in [1.82, 2.24) is 24.8 Å². The molecule has 2 heterocycles. The summed E-state index contributed by atoms with van der Waals surface area (Å²) in [5.74, 6) is -1.69. The van der Waals surface area contributed by atoms with E-state index in [2.05, 4.69) is 15.4 Å². The molecule has 2 rings (SSSR count). The van der Waals surface area contributed by atoms with Crippen molar-refractivity contribution in [3.05, 3.63) is 18.1 Å². The maximum Gasteiger partial charge on any atom is 0.358 e. The first-order valence-electron chi connectivity index (χ1n) is 5.43. The molecule has 0 aliphatic heterocycles. The molecule has 0 aliphatic rings. The summed E-state index contributed by atoms with van der Waals surface area (Å²) in [6.07, 6.45) is 3.20. The summed E-state index contributed by atoms with van der Waals surface area (Å²) >= 11 is 0. The lowest BCUT2D eigenvalue weighted by Gasteiger charge is -2.03. The Bertz CT molecular complexity index is 629. The molecule has 0 saturated heterocycles. The van der Waals surface area contributed by atoms with Crippen molar-refractivity contribution in [2.45, 2.75) is 13.0 Å². The first-order valence-corrected chi connectivity index (χ1v) is 5.43. The number of primary amides is 1. The van der Waals surface area contributed by atoms with Crippen LogP contribution in [0.5, 0.6) is 0 Å². The summed E-state index contributed by atoms with van der Waals surface area (Å²) < 4.78 is 2.87. The van der Waals surface area contributed by atoms with Crippen molar-refractivity contribution in [2.24, 2.45) is 12.8 Å². The second-order valence-electron chi connectivity index (χ2n) is 3.93. The topological polar surface area (TPSA) is 129 Å². The molecular weight excluding hydrogens is 252 g/mol. The van der Waals surface area contributed by atoms with E-state index >= 15 is 0 Å². The number of amides is 1. The molecule has 0 radical (unpaired) electrons. The van der Waals surface area contributed by atoms with Crippen LogP contribution in [0.3, 0.4) is 0 Å². The largest absolute Gasteiger partial charge is 0.476 e. The van der Waals surface area contributed by atoms with E-state index in [9.17, 15) is 9.59 Å². The molecule has 0 saturated carbocycles. The van der Waals surface area contributed by atoms with E-state index in [0.717, 1.165) is 0 Å². The van der Waals surface area contributed by atoms with Gasteiger partial charge in [0.2, 0.25) is 5.91 Å². The number of aryl methyl sites for hydroxylation is 2. The summed E-state index contributed by atoms with van der Waals surface area (Å²) in [5.41, 5.74) is 5.76. The number of carboxylic acid groups (broad SMARTS) is 1. The molecule has 0 aromatic carbocycles. The molecule has 0 atom stereocenters. The lowest BCUT2D eigenvalue weighted by Crippen LogP contribution is -2.15. The Balaban J connectivity index is 2.44. The predicted octanol–water partition coefficient (Wildman–Crippen LogP) is -0.748. The highest BCUT2D eigenvalue weighted by Crippen LogP contribution is 2.21. The van der Waals surface area contributed by atoms with Crippen LogP contribution < -0.4 is 5.73 Å². The summed E-state index contributed by atoms with van der Waals surface area (Å²) in [7, 11) is 1.71. The van der Waals surface area contributed by atoms with E-state index < -0.39 is 11.9 Å². The fourth-order valence-electron chi connectivity index (χ4n) is 1.66. The molecule has 2 aromatic rings. The van der Waals surface area contributed by atoms with Gasteiger partial charge < -0.3 is 10.8 Å². The Kier molecular flexibility index (Phi) is 3.27. The second kappa shape index (κ2) is 4.88. The number of nitrogens with two attached hydrogens (primary N) is 1. The third-order valence-electron chi connectivity index (χ3n) is 2.49. The Morgan fingerprint density at radius 2 is 2.21 bits per heavy atom. The van der Waals surface area contributed by atoms with Gasteiger partial charge in [-0.1, -0.05) is 5.21 Å². The van der Waals surface area contributed by atoms with Gasteiger partial charge in [-0.05, 0) is 0 Å². The fourth-order valence-corrected chi connectivity index (χ4v) is 1.66. The molecular formula is C10H12N6O3. The molecule has 100 valence electrons. The van der Waals surface area contributed by atoms with Gasteiger partial charge in [0.25, 0.3) is 0 Å². The van der Waals surface area contributed by atoms with Gasteiger partial charge in [-0.15, -0.1) is 5.10 Å². The number of nitrogens with zero attached hydrogens (tertiary/aromatic N) is 5. The molecule has 2 aromatic heterocycles. The van der Waals surface area contributed by atoms with Crippen LogP contribution >= 0.6 is 0 Å². The van der Waals surface area contributed by atoms with Crippen LogP contribution in [0.15, 0.2) is 12.4 Å². The summed E-state index contributed by atoms with van der Waals surface area (Å²) in [4.78, 5) is 21.9. The second-order valence-corrected chi connectivity index (χ2v) is 3.93. The summed E-state index contributed by atoms with van der Waals surface area (Å²) in [6, 6.07) is 0. The maximum atomic E-state index is 11.1. The molecule has 19 heavy (non-hydrogen) atoms. The monoisotopic (exact) mass is 264 g/mol. The zero-order valence-electron chi connectivity index (χ0n) is 10.1. The van der Waals surface area contributed by atoms with Crippen molar-refractivity contribution < 1.29 is 14.7 Å². The minimum absolute atomic E-state index is 0.0513. The number of aromatic nitrogens is 5. The van der Waals surface area contributed by atoms with Crippen LogP contribution in [0.4, 0.5) is 0 Å². The molecule has 0 fully saturated rings. The van der Waals surface area contributed by atoms with Crippen molar-refractivity contribution >= 4 is 11.9 Å². The number of hydrogen-bond donors (Lipinski definition) is 2. The molecule has 0 bridgehead atoms. The highest BCUT2D eigenvalue weighted by atomic mass is 16.4. The number of aromatic carboxylic acids is 1. The predicted molar refractivity (Wildman–Crippen MR) is 63.0 cm³/mol. The number of carboxylic acids is 1. The van der Waals surface area contributed by atoms with Gasteiger partial charge in [-0.2, -0.15) is 5.10 Å². The normalized spacial score (nSPS) is 10.6. The zero-order valence-corrected chi connectivity index (χ0v) is 10.1. The van der Waals surface area contributed by atoms with E-state index in [1.807, 2.05) is 0 Å². The van der Waals surface area contributed by atoms with Crippen LogP contribution in [0.2, 0.25) is 0 Å². The van der Waals surface area contributed by atoms with Gasteiger partial charge in [-0.25, -0.2) is 9.48 Å². The quantitative estimate of drug-likeness (QED) is 0.731. The van der Waals surface area contributed by atoms with Crippen molar-refractivity contribution in [1.29, 1.82) is 0 Å². The van der Waals surface area contributed by atoms with E-state index in [1.165, 1.54) is 15.6 Å². The highest BCUT2D eigenvalue weighted by Gasteiger charge is 2.21. The first kappa shape index (κ1) is 12.7. The Labute approximate surface area is 107 Å². The van der Waals surface area contributed by atoms with Gasteiger partial charge in [0.05, 0.1) is 12.7 Å². The number of rotatable bonds is 5. The summed E-state index contributed by atoms with van der Waals surface area (Å²) in [5, 5.41) is 20.4. The first-order chi connectivity index (χ1) is 8.99. The molecule has 0 spiro atoms. The Morgan fingerprint density at radius 1 is 1.47 bits per heavy atom. The SMILES string of the molecule is Cn1cc(-c2c(C(=O)O)nnn2CCC(N)=O)cn1. The average Bonchev–Trinajstić information content (AvgIpc) is 2.91. The van der Waals surface area contributed by atoms with Crippen LogP contribution in [0.1, 0.15) is 16.9 Å².